The van der Waals surface area contributed by atoms with Crippen LogP contribution in [-0.2, 0) is 6.54 Å². The fourth-order valence-electron chi connectivity index (χ4n) is 2.17. The minimum Gasteiger partial charge on any atom is -0.384 e. The van der Waals surface area contributed by atoms with Gasteiger partial charge in [-0.1, -0.05) is 44.6 Å². The summed E-state index contributed by atoms with van der Waals surface area (Å²) in [6, 6.07) is 5.08. The van der Waals surface area contributed by atoms with Gasteiger partial charge in [0, 0.05) is 17.7 Å². The van der Waals surface area contributed by atoms with E-state index in [1.54, 1.807) is 0 Å². The number of hydrogen-bond donors (Lipinski definition) is 1. The van der Waals surface area contributed by atoms with Crippen molar-refractivity contribution in [1.29, 1.82) is 0 Å². The normalized spacial score (nSPS) is 10.5. The molecule has 3 heteroatoms. The van der Waals surface area contributed by atoms with E-state index in [0.717, 1.165) is 44.3 Å². The van der Waals surface area contributed by atoms with Gasteiger partial charge in [-0.15, -0.1) is 0 Å². The lowest BCUT2D eigenvalue weighted by Crippen LogP contribution is -2.26. The molecule has 0 aliphatic rings. The summed E-state index contributed by atoms with van der Waals surface area (Å²) in [5.74, 6) is 5.06. The molecule has 1 aromatic carbocycles. The molecule has 1 rings (SSSR count). The van der Waals surface area contributed by atoms with E-state index in [9.17, 15) is 4.39 Å². The van der Waals surface area contributed by atoms with Crippen LogP contribution in [-0.4, -0.2) is 29.7 Å². The molecule has 0 fully saturated rings. The molecule has 0 spiro atoms. The molecular formula is C18H26FNO. The van der Waals surface area contributed by atoms with Gasteiger partial charge in [0.15, 0.2) is 0 Å². The first kappa shape index (κ1) is 17.7. The summed E-state index contributed by atoms with van der Waals surface area (Å²) in [5.41, 5.74) is 1.33. The molecule has 0 unspecified atom stereocenters. The first-order valence-electron chi connectivity index (χ1n) is 7.81. The van der Waals surface area contributed by atoms with Gasteiger partial charge in [0.2, 0.25) is 0 Å². The minimum atomic E-state index is -0.210. The van der Waals surface area contributed by atoms with Crippen LogP contribution in [0.15, 0.2) is 18.2 Å². The van der Waals surface area contributed by atoms with Crippen LogP contribution >= 0.6 is 0 Å². The third-order valence-corrected chi connectivity index (χ3v) is 3.41. The Morgan fingerprint density at radius 3 is 2.33 bits per heavy atom. The molecule has 1 N–H and O–H groups in total. The summed E-state index contributed by atoms with van der Waals surface area (Å²) in [4.78, 5) is 2.32. The topological polar surface area (TPSA) is 23.5 Å². The van der Waals surface area contributed by atoms with Gasteiger partial charge in [0.05, 0.1) is 0 Å². The highest BCUT2D eigenvalue weighted by atomic mass is 19.1. The molecule has 0 saturated heterocycles. The summed E-state index contributed by atoms with van der Waals surface area (Å²) in [5, 5.41) is 8.66. The second-order valence-corrected chi connectivity index (χ2v) is 5.25. The van der Waals surface area contributed by atoms with Crippen LogP contribution in [0.3, 0.4) is 0 Å². The summed E-state index contributed by atoms with van der Waals surface area (Å²) in [6.07, 6.45) is 4.60. The van der Waals surface area contributed by atoms with E-state index in [1.807, 2.05) is 12.1 Å². The van der Waals surface area contributed by atoms with Crippen molar-refractivity contribution >= 4 is 0 Å². The first-order chi connectivity index (χ1) is 10.2. The van der Waals surface area contributed by atoms with Crippen LogP contribution in [0.25, 0.3) is 0 Å². The molecule has 0 saturated carbocycles. The maximum Gasteiger partial charge on any atom is 0.128 e. The fourth-order valence-corrected chi connectivity index (χ4v) is 2.17. The van der Waals surface area contributed by atoms with E-state index in [4.69, 9.17) is 5.11 Å². The van der Waals surface area contributed by atoms with Crippen LogP contribution in [0.2, 0.25) is 0 Å². The van der Waals surface area contributed by atoms with E-state index in [0.29, 0.717) is 12.1 Å². The van der Waals surface area contributed by atoms with Crippen LogP contribution in [0.4, 0.5) is 4.39 Å². The molecule has 2 nitrogen and oxygen atoms in total. The lowest BCUT2D eigenvalue weighted by molar-refractivity contribution is 0.253. The van der Waals surface area contributed by atoms with Crippen molar-refractivity contribution in [1.82, 2.24) is 4.90 Å². The Kier molecular flexibility index (Phi) is 8.73. The van der Waals surface area contributed by atoms with Gasteiger partial charge in [-0.25, -0.2) is 4.39 Å². The molecule has 0 aromatic heterocycles. The SMILES string of the molecule is CCCCN(CCCC)Cc1ccc(C#CCO)cc1F. The number of aliphatic hydroxyl groups is 1. The van der Waals surface area contributed by atoms with Crippen LogP contribution in [0.1, 0.15) is 50.7 Å². The zero-order chi connectivity index (χ0) is 15.5. The number of aliphatic hydroxyl groups excluding tert-OH is 1. The van der Waals surface area contributed by atoms with E-state index >= 15 is 0 Å². The third kappa shape index (κ3) is 6.75. The molecule has 0 atom stereocenters. The van der Waals surface area contributed by atoms with Crippen LogP contribution < -0.4 is 0 Å². The average Bonchev–Trinajstić information content (AvgIpc) is 2.49. The summed E-state index contributed by atoms with van der Waals surface area (Å²) in [7, 11) is 0. The number of hydrogen-bond acceptors (Lipinski definition) is 2. The van der Waals surface area contributed by atoms with Gasteiger partial charge in [-0.3, -0.25) is 4.90 Å². The molecular weight excluding hydrogens is 265 g/mol. The van der Waals surface area contributed by atoms with Crippen molar-refractivity contribution in [2.75, 3.05) is 19.7 Å². The average molecular weight is 291 g/mol. The summed E-state index contributed by atoms with van der Waals surface area (Å²) in [6.45, 7) is 6.83. The van der Waals surface area contributed by atoms with Crippen molar-refractivity contribution in [2.45, 2.75) is 46.1 Å². The van der Waals surface area contributed by atoms with Crippen molar-refractivity contribution in [3.8, 4) is 11.8 Å². The summed E-state index contributed by atoms with van der Waals surface area (Å²) >= 11 is 0. The van der Waals surface area contributed by atoms with Gasteiger partial charge >= 0.3 is 0 Å². The van der Waals surface area contributed by atoms with Gasteiger partial charge in [0.1, 0.15) is 12.4 Å². The number of benzene rings is 1. The standard InChI is InChI=1S/C18H26FNO/c1-3-5-11-20(12-6-4-2)15-17-10-9-16(8-7-13-21)14-18(17)19/h9-10,14,21H,3-6,11-13,15H2,1-2H3. The quantitative estimate of drug-likeness (QED) is 0.740. The molecule has 0 aliphatic carbocycles. The number of nitrogens with zero attached hydrogens (tertiary/aromatic N) is 1. The highest BCUT2D eigenvalue weighted by molar-refractivity contribution is 5.37. The second kappa shape index (κ2) is 10.4. The molecule has 21 heavy (non-hydrogen) atoms. The number of halogens is 1. The smallest absolute Gasteiger partial charge is 0.128 e. The molecule has 0 aliphatic heterocycles. The maximum atomic E-state index is 14.1. The largest absolute Gasteiger partial charge is 0.384 e. The Balaban J connectivity index is 2.73. The van der Waals surface area contributed by atoms with E-state index in [-0.39, 0.29) is 12.4 Å². The lowest BCUT2D eigenvalue weighted by Gasteiger charge is -2.22. The van der Waals surface area contributed by atoms with E-state index in [1.165, 1.54) is 6.07 Å². The molecule has 0 heterocycles. The highest BCUT2D eigenvalue weighted by Gasteiger charge is 2.09. The minimum absolute atomic E-state index is 0.203. The Bertz CT molecular complexity index is 468. The van der Waals surface area contributed by atoms with E-state index in [2.05, 4.69) is 30.6 Å². The van der Waals surface area contributed by atoms with Gasteiger partial charge in [0.25, 0.3) is 0 Å². The molecule has 116 valence electrons. The lowest BCUT2D eigenvalue weighted by atomic mass is 10.1. The Morgan fingerprint density at radius 2 is 1.81 bits per heavy atom. The van der Waals surface area contributed by atoms with Crippen molar-refractivity contribution < 1.29 is 9.50 Å². The maximum absolute atomic E-state index is 14.1. The third-order valence-electron chi connectivity index (χ3n) is 3.41. The number of rotatable bonds is 8. The zero-order valence-corrected chi connectivity index (χ0v) is 13.2. The first-order valence-corrected chi connectivity index (χ1v) is 7.81. The van der Waals surface area contributed by atoms with Gasteiger partial charge in [-0.05, 0) is 38.1 Å². The molecule has 1 aromatic rings. The zero-order valence-electron chi connectivity index (χ0n) is 13.2. The van der Waals surface area contributed by atoms with Crippen molar-refractivity contribution in [3.63, 3.8) is 0 Å². The second-order valence-electron chi connectivity index (χ2n) is 5.25. The molecule has 0 bridgehead atoms. The Labute approximate surface area is 128 Å². The molecule has 0 radical (unpaired) electrons. The van der Waals surface area contributed by atoms with Crippen molar-refractivity contribution in [3.05, 3.63) is 35.1 Å². The Hall–Kier alpha value is -1.37. The van der Waals surface area contributed by atoms with Gasteiger partial charge in [-0.2, -0.15) is 0 Å². The predicted octanol–water partition coefficient (Wildman–Crippen LogP) is 3.57. The predicted molar refractivity (Wildman–Crippen MR) is 85.5 cm³/mol. The summed E-state index contributed by atoms with van der Waals surface area (Å²) < 4.78 is 14.1. The number of unbranched alkanes of at least 4 members (excludes halogenated alkanes) is 2. The molecule has 0 amide bonds. The van der Waals surface area contributed by atoms with Crippen molar-refractivity contribution in [2.24, 2.45) is 0 Å². The van der Waals surface area contributed by atoms with Gasteiger partial charge < -0.3 is 5.11 Å². The van der Waals surface area contributed by atoms with Crippen LogP contribution in [0, 0.1) is 17.7 Å². The van der Waals surface area contributed by atoms with Crippen LogP contribution in [0.5, 0.6) is 0 Å². The monoisotopic (exact) mass is 291 g/mol. The Morgan fingerprint density at radius 1 is 1.14 bits per heavy atom. The fraction of sp³-hybridized carbons (Fsp3) is 0.556. The highest BCUT2D eigenvalue weighted by Crippen LogP contribution is 2.14. The van der Waals surface area contributed by atoms with E-state index < -0.39 is 0 Å².